The summed E-state index contributed by atoms with van der Waals surface area (Å²) in [6, 6.07) is 46.4. The molecule has 2 aliphatic rings. The minimum Gasteiger partial charge on any atom is -0.292 e. The lowest BCUT2D eigenvalue weighted by molar-refractivity contribution is 0.569. The first-order valence-corrected chi connectivity index (χ1v) is 16.4. The van der Waals surface area contributed by atoms with E-state index in [0.29, 0.717) is 22.4 Å². The van der Waals surface area contributed by atoms with Crippen molar-refractivity contribution in [2.75, 3.05) is 0 Å². The summed E-state index contributed by atoms with van der Waals surface area (Å²) in [6.45, 7) is 0. The molecule has 0 saturated heterocycles. The number of rotatable bonds is 1. The summed E-state index contributed by atoms with van der Waals surface area (Å²) >= 11 is 0. The molecule has 0 unspecified atom stereocenters. The maximum atomic E-state index is 14.7. The number of benzene rings is 6. The highest BCUT2D eigenvalue weighted by Crippen LogP contribution is 2.60. The molecule has 0 saturated carbocycles. The van der Waals surface area contributed by atoms with Crippen LogP contribution in [-0.4, -0.2) is 23.0 Å². The standard InChI is InChI=1S/C39H23N3O2S/c43-45(44)33-21-11-10-20-31(33)39(29-18-8-6-16-27(29)28-17-7-9-19-30(28)39)36-38(45)41-37-35(40-36)34-26-15-5-4-12-24(26)22-23-32(34)42(37)25-13-2-1-3-14-25/h1-23H. The molecule has 0 fully saturated rings. The van der Waals surface area contributed by atoms with Crippen LogP contribution in [0.25, 0.3) is 49.7 Å². The van der Waals surface area contributed by atoms with Crippen LogP contribution < -0.4 is 0 Å². The van der Waals surface area contributed by atoms with Gasteiger partial charge in [0.1, 0.15) is 5.52 Å². The van der Waals surface area contributed by atoms with Crippen LogP contribution in [0.15, 0.2) is 149 Å². The molecular weight excluding hydrogens is 575 g/mol. The highest BCUT2D eigenvalue weighted by Gasteiger charge is 2.55. The number of hydrogen-bond donors (Lipinski definition) is 0. The molecule has 1 aliphatic carbocycles. The van der Waals surface area contributed by atoms with E-state index < -0.39 is 15.3 Å². The van der Waals surface area contributed by atoms with E-state index >= 15 is 0 Å². The van der Waals surface area contributed by atoms with Crippen molar-refractivity contribution in [1.82, 2.24) is 14.5 Å². The first-order valence-electron chi connectivity index (χ1n) is 14.9. The molecule has 10 rings (SSSR count). The second-order valence-electron chi connectivity index (χ2n) is 11.7. The van der Waals surface area contributed by atoms with Crippen LogP contribution in [0.4, 0.5) is 0 Å². The fourth-order valence-electron chi connectivity index (χ4n) is 7.84. The molecule has 1 spiro atoms. The largest absolute Gasteiger partial charge is 0.292 e. The van der Waals surface area contributed by atoms with E-state index in [2.05, 4.69) is 48.5 Å². The summed E-state index contributed by atoms with van der Waals surface area (Å²) in [5.41, 5.74) is 7.39. The van der Waals surface area contributed by atoms with Crippen molar-refractivity contribution in [3.05, 3.63) is 162 Å². The van der Waals surface area contributed by atoms with Gasteiger partial charge >= 0.3 is 0 Å². The second-order valence-corrected chi connectivity index (χ2v) is 13.6. The van der Waals surface area contributed by atoms with Crippen molar-refractivity contribution in [1.29, 1.82) is 0 Å². The van der Waals surface area contributed by atoms with Gasteiger partial charge < -0.3 is 0 Å². The molecule has 2 aromatic heterocycles. The smallest absolute Gasteiger partial charge is 0.226 e. The average Bonchev–Trinajstić information content (AvgIpc) is 3.58. The van der Waals surface area contributed by atoms with Gasteiger partial charge in [0, 0.05) is 11.1 Å². The molecular formula is C39H23N3O2S. The van der Waals surface area contributed by atoms with Gasteiger partial charge in [0.25, 0.3) is 0 Å². The topological polar surface area (TPSA) is 64.8 Å². The monoisotopic (exact) mass is 597 g/mol. The Morgan fingerprint density at radius 2 is 1.20 bits per heavy atom. The molecule has 45 heavy (non-hydrogen) atoms. The van der Waals surface area contributed by atoms with E-state index in [4.69, 9.17) is 9.97 Å². The molecule has 6 aromatic carbocycles. The van der Waals surface area contributed by atoms with Gasteiger partial charge in [-0.3, -0.25) is 4.57 Å². The van der Waals surface area contributed by atoms with Gasteiger partial charge in [0.15, 0.2) is 10.7 Å². The van der Waals surface area contributed by atoms with Crippen molar-refractivity contribution >= 4 is 42.7 Å². The zero-order chi connectivity index (χ0) is 29.9. The Morgan fingerprint density at radius 1 is 0.578 bits per heavy atom. The van der Waals surface area contributed by atoms with Gasteiger partial charge in [-0.15, -0.1) is 0 Å². The highest BCUT2D eigenvalue weighted by molar-refractivity contribution is 7.91. The number of sulfone groups is 1. The summed E-state index contributed by atoms with van der Waals surface area (Å²) in [5.74, 6) is 0. The Hall–Kier alpha value is -5.59. The van der Waals surface area contributed by atoms with Gasteiger partial charge in [0.2, 0.25) is 9.84 Å². The van der Waals surface area contributed by atoms with Crippen molar-refractivity contribution in [3.8, 4) is 16.8 Å². The van der Waals surface area contributed by atoms with Crippen LogP contribution in [0.5, 0.6) is 0 Å². The van der Waals surface area contributed by atoms with Gasteiger partial charge in [-0.1, -0.05) is 115 Å². The van der Waals surface area contributed by atoms with Gasteiger partial charge in [-0.2, -0.15) is 0 Å². The second kappa shape index (κ2) is 8.52. The Morgan fingerprint density at radius 3 is 1.96 bits per heavy atom. The summed E-state index contributed by atoms with van der Waals surface area (Å²) in [7, 11) is -4.03. The Balaban J connectivity index is 1.47. The van der Waals surface area contributed by atoms with Gasteiger partial charge in [-0.25, -0.2) is 18.4 Å². The SMILES string of the molecule is O=S1(=O)c2ccccc2C2(c3ccccc3-c3ccccc32)c2nc3c4c5ccccc5ccc4n(-c4ccccc4)c3nc21. The first-order chi connectivity index (χ1) is 22.1. The minimum absolute atomic E-state index is 0.00417. The molecule has 0 radical (unpaired) electrons. The molecule has 5 nitrogen and oxygen atoms in total. The zero-order valence-electron chi connectivity index (χ0n) is 23.8. The van der Waals surface area contributed by atoms with Gasteiger partial charge in [0.05, 0.1) is 21.5 Å². The van der Waals surface area contributed by atoms with E-state index in [1.54, 1.807) is 12.1 Å². The number of fused-ring (bicyclic) bond motifs is 14. The minimum atomic E-state index is -4.03. The highest BCUT2D eigenvalue weighted by atomic mass is 32.2. The zero-order valence-corrected chi connectivity index (χ0v) is 24.7. The lowest BCUT2D eigenvalue weighted by atomic mass is 9.70. The molecule has 3 heterocycles. The van der Waals surface area contributed by atoms with Crippen LogP contribution in [0.2, 0.25) is 0 Å². The summed E-state index contributed by atoms with van der Waals surface area (Å²) in [5, 5.41) is 3.09. The first kappa shape index (κ1) is 24.8. The molecule has 1 aliphatic heterocycles. The quantitative estimate of drug-likeness (QED) is 0.191. The Kier molecular flexibility index (Phi) is 4.70. The molecule has 8 aromatic rings. The fourth-order valence-corrected chi connectivity index (χ4v) is 9.47. The normalized spacial score (nSPS) is 15.2. The molecule has 212 valence electrons. The predicted molar refractivity (Wildman–Crippen MR) is 177 cm³/mol. The molecule has 0 atom stereocenters. The number of hydrogen-bond acceptors (Lipinski definition) is 4. The van der Waals surface area contributed by atoms with Crippen molar-refractivity contribution in [3.63, 3.8) is 0 Å². The van der Waals surface area contributed by atoms with Gasteiger partial charge in [-0.05, 0) is 62.9 Å². The van der Waals surface area contributed by atoms with Crippen LogP contribution in [0.3, 0.4) is 0 Å². The Labute approximate surface area is 259 Å². The van der Waals surface area contributed by atoms with E-state index in [-0.39, 0.29) is 9.92 Å². The molecule has 6 heteroatoms. The third kappa shape index (κ3) is 2.95. The van der Waals surface area contributed by atoms with E-state index in [0.717, 1.165) is 49.6 Å². The number of para-hydroxylation sites is 1. The van der Waals surface area contributed by atoms with Crippen LogP contribution in [0, 0.1) is 0 Å². The van der Waals surface area contributed by atoms with Crippen molar-refractivity contribution in [2.45, 2.75) is 15.3 Å². The van der Waals surface area contributed by atoms with Crippen LogP contribution >= 0.6 is 0 Å². The lowest BCUT2D eigenvalue weighted by Gasteiger charge is -2.37. The van der Waals surface area contributed by atoms with Crippen molar-refractivity contribution in [2.24, 2.45) is 0 Å². The molecule has 0 bridgehead atoms. The maximum absolute atomic E-state index is 14.7. The third-order valence-electron chi connectivity index (χ3n) is 9.60. The third-order valence-corrected chi connectivity index (χ3v) is 11.3. The Bertz CT molecular complexity index is 2630. The van der Waals surface area contributed by atoms with E-state index in [9.17, 15) is 8.42 Å². The van der Waals surface area contributed by atoms with Crippen LogP contribution in [0.1, 0.15) is 22.4 Å². The molecule has 0 N–H and O–H groups in total. The summed E-state index contributed by atoms with van der Waals surface area (Å²) in [4.78, 5) is 10.9. The lowest BCUT2D eigenvalue weighted by Crippen LogP contribution is -2.37. The van der Waals surface area contributed by atoms with Crippen molar-refractivity contribution < 1.29 is 8.42 Å². The number of aromatic nitrogens is 3. The predicted octanol–water partition coefficient (Wildman–Crippen LogP) is 8.24. The summed E-state index contributed by atoms with van der Waals surface area (Å²) < 4.78 is 31.4. The fraction of sp³-hybridized carbons (Fsp3) is 0.0256. The summed E-state index contributed by atoms with van der Waals surface area (Å²) in [6.07, 6.45) is 0. The average molecular weight is 598 g/mol. The molecule has 0 amide bonds. The van der Waals surface area contributed by atoms with Crippen LogP contribution in [-0.2, 0) is 15.3 Å². The maximum Gasteiger partial charge on any atom is 0.226 e. The van der Waals surface area contributed by atoms with E-state index in [1.807, 2.05) is 83.4 Å². The van der Waals surface area contributed by atoms with E-state index in [1.165, 1.54) is 0 Å². The number of nitrogens with zero attached hydrogens (tertiary/aromatic N) is 3.